The van der Waals surface area contributed by atoms with Crippen LogP contribution in [0.4, 0.5) is 0 Å². The molecular formula is C29H35Cl2N3. The van der Waals surface area contributed by atoms with Gasteiger partial charge in [0.2, 0.25) is 0 Å². The first-order chi connectivity index (χ1) is 16.6. The van der Waals surface area contributed by atoms with E-state index < -0.39 is 0 Å². The standard InChI is InChI=1S/C29H35Cl2N3/c1-3-7-29(33-32-2)25-18-24-10-6-9-22(26(24)19-25)8-4-5-15-34-16-13-21(14-17-34)23-11-12-27(30)28(31)20-23/h6,9-12,19-21H,2-5,7-8,13-18H2,1H3/b33-29+. The van der Waals surface area contributed by atoms with Crippen molar-refractivity contribution in [2.75, 3.05) is 19.6 Å². The third kappa shape index (κ3) is 6.19. The van der Waals surface area contributed by atoms with Gasteiger partial charge in [0.25, 0.3) is 0 Å². The van der Waals surface area contributed by atoms with Crippen molar-refractivity contribution in [1.82, 2.24) is 4.90 Å². The molecule has 34 heavy (non-hydrogen) atoms. The second-order valence-electron chi connectivity index (χ2n) is 9.52. The SMILES string of the molecule is C=N/N=C(\CCC)C1=Cc2c(CCCCN3CCC(c4ccc(Cl)c(Cl)c4)CC3)cccc2C1. The van der Waals surface area contributed by atoms with E-state index in [-0.39, 0.29) is 0 Å². The molecule has 2 aliphatic rings. The van der Waals surface area contributed by atoms with Crippen molar-refractivity contribution in [3.05, 3.63) is 74.3 Å². The first kappa shape index (κ1) is 25.2. The van der Waals surface area contributed by atoms with Crippen LogP contribution in [-0.2, 0) is 12.8 Å². The van der Waals surface area contributed by atoms with Gasteiger partial charge in [-0.1, -0.05) is 60.8 Å². The molecule has 2 aromatic rings. The van der Waals surface area contributed by atoms with E-state index in [0.29, 0.717) is 16.0 Å². The number of unbranched alkanes of at least 4 members (excludes halogenated alkanes) is 1. The average molecular weight is 497 g/mol. The van der Waals surface area contributed by atoms with Crippen molar-refractivity contribution in [1.29, 1.82) is 0 Å². The van der Waals surface area contributed by atoms with Crippen LogP contribution in [0.15, 0.2) is 52.2 Å². The van der Waals surface area contributed by atoms with E-state index >= 15 is 0 Å². The third-order valence-electron chi connectivity index (χ3n) is 7.21. The van der Waals surface area contributed by atoms with Crippen LogP contribution in [0.25, 0.3) is 6.08 Å². The van der Waals surface area contributed by atoms with Crippen LogP contribution >= 0.6 is 23.2 Å². The van der Waals surface area contributed by atoms with E-state index in [1.807, 2.05) is 12.1 Å². The molecule has 0 atom stereocenters. The fraction of sp³-hybridized carbons (Fsp3) is 0.448. The molecule has 1 heterocycles. The number of hydrogen-bond acceptors (Lipinski definition) is 3. The summed E-state index contributed by atoms with van der Waals surface area (Å²) in [6.07, 6.45) is 11.3. The van der Waals surface area contributed by atoms with Crippen LogP contribution in [0.3, 0.4) is 0 Å². The largest absolute Gasteiger partial charge is 0.303 e. The highest BCUT2D eigenvalue weighted by molar-refractivity contribution is 6.42. The molecule has 0 spiro atoms. The first-order valence-corrected chi connectivity index (χ1v) is 13.4. The number of nitrogens with zero attached hydrogens (tertiary/aromatic N) is 3. The number of rotatable bonds is 10. The lowest BCUT2D eigenvalue weighted by Crippen LogP contribution is -2.33. The summed E-state index contributed by atoms with van der Waals surface area (Å²) >= 11 is 12.3. The molecule has 2 aromatic carbocycles. The van der Waals surface area contributed by atoms with Gasteiger partial charge >= 0.3 is 0 Å². The van der Waals surface area contributed by atoms with Crippen molar-refractivity contribution in [3.8, 4) is 0 Å². The van der Waals surface area contributed by atoms with Crippen molar-refractivity contribution >= 4 is 41.7 Å². The lowest BCUT2D eigenvalue weighted by molar-refractivity contribution is 0.209. The molecule has 1 saturated heterocycles. The van der Waals surface area contributed by atoms with Crippen molar-refractivity contribution in [2.45, 2.75) is 64.2 Å². The summed E-state index contributed by atoms with van der Waals surface area (Å²) in [5, 5.41) is 9.42. The maximum absolute atomic E-state index is 6.23. The van der Waals surface area contributed by atoms with Gasteiger partial charge in [0.15, 0.2) is 0 Å². The highest BCUT2D eigenvalue weighted by atomic mass is 35.5. The minimum absolute atomic E-state index is 0.594. The summed E-state index contributed by atoms with van der Waals surface area (Å²) in [5.74, 6) is 0.594. The topological polar surface area (TPSA) is 28.0 Å². The molecule has 0 saturated carbocycles. The van der Waals surface area contributed by atoms with Crippen LogP contribution in [0.1, 0.15) is 73.6 Å². The molecule has 5 heteroatoms. The van der Waals surface area contributed by atoms with E-state index in [9.17, 15) is 0 Å². The quantitative estimate of drug-likeness (QED) is 0.186. The Morgan fingerprint density at radius 1 is 1.09 bits per heavy atom. The van der Waals surface area contributed by atoms with Gasteiger partial charge < -0.3 is 4.90 Å². The highest BCUT2D eigenvalue weighted by Crippen LogP contribution is 2.33. The van der Waals surface area contributed by atoms with Crippen molar-refractivity contribution in [2.24, 2.45) is 10.2 Å². The second kappa shape index (κ2) is 12.2. The molecule has 3 nitrogen and oxygen atoms in total. The van der Waals surface area contributed by atoms with Crippen LogP contribution < -0.4 is 0 Å². The van der Waals surface area contributed by atoms with Crippen LogP contribution in [0.2, 0.25) is 10.0 Å². The van der Waals surface area contributed by atoms with E-state index in [1.165, 1.54) is 60.1 Å². The zero-order chi connectivity index (χ0) is 23.9. The van der Waals surface area contributed by atoms with Gasteiger partial charge in [-0.15, -0.1) is 0 Å². The van der Waals surface area contributed by atoms with Crippen LogP contribution in [-0.4, -0.2) is 37.0 Å². The number of likely N-dealkylation sites (tertiary alicyclic amines) is 1. The molecular weight excluding hydrogens is 461 g/mol. The predicted octanol–water partition coefficient (Wildman–Crippen LogP) is 7.99. The summed E-state index contributed by atoms with van der Waals surface area (Å²) in [4.78, 5) is 2.62. The average Bonchev–Trinajstić information content (AvgIpc) is 3.29. The van der Waals surface area contributed by atoms with Crippen molar-refractivity contribution in [3.63, 3.8) is 0 Å². The normalized spacial score (nSPS) is 17.0. The summed E-state index contributed by atoms with van der Waals surface area (Å²) in [6.45, 7) is 9.25. The molecule has 4 rings (SSSR count). The van der Waals surface area contributed by atoms with Gasteiger partial charge in [0.05, 0.1) is 15.8 Å². The van der Waals surface area contributed by atoms with E-state index in [2.05, 4.69) is 59.1 Å². The number of benzene rings is 2. The second-order valence-corrected chi connectivity index (χ2v) is 10.3. The lowest BCUT2D eigenvalue weighted by atomic mass is 9.89. The fourth-order valence-electron chi connectivity index (χ4n) is 5.34. The van der Waals surface area contributed by atoms with Gasteiger partial charge in [0, 0.05) is 6.72 Å². The Balaban J connectivity index is 1.26. The number of piperidine rings is 1. The number of hydrogen-bond donors (Lipinski definition) is 0. The van der Waals surface area contributed by atoms with Crippen molar-refractivity contribution < 1.29 is 0 Å². The Bertz CT molecular complexity index is 1070. The van der Waals surface area contributed by atoms with E-state index in [0.717, 1.165) is 44.5 Å². The summed E-state index contributed by atoms with van der Waals surface area (Å²) in [6, 6.07) is 12.9. The summed E-state index contributed by atoms with van der Waals surface area (Å²) in [5.41, 5.74) is 8.02. The van der Waals surface area contributed by atoms with E-state index in [4.69, 9.17) is 23.2 Å². The smallest absolute Gasteiger partial charge is 0.0665 e. The molecule has 180 valence electrons. The zero-order valence-corrected chi connectivity index (χ0v) is 21.7. The van der Waals surface area contributed by atoms with Gasteiger partial charge in [-0.3, -0.25) is 0 Å². The van der Waals surface area contributed by atoms with E-state index in [1.54, 1.807) is 0 Å². The molecule has 0 unspecified atom stereocenters. The Morgan fingerprint density at radius 2 is 1.91 bits per heavy atom. The molecule has 0 radical (unpaired) electrons. The minimum atomic E-state index is 0.594. The maximum atomic E-state index is 6.23. The number of aryl methyl sites for hydroxylation is 1. The van der Waals surface area contributed by atoms with Gasteiger partial charge in [-0.05, 0) is 117 Å². The summed E-state index contributed by atoms with van der Waals surface area (Å²) < 4.78 is 0. The van der Waals surface area contributed by atoms with Gasteiger partial charge in [-0.25, -0.2) is 0 Å². The minimum Gasteiger partial charge on any atom is -0.303 e. The molecule has 1 aliphatic carbocycles. The molecule has 0 bridgehead atoms. The molecule has 1 fully saturated rings. The third-order valence-corrected chi connectivity index (χ3v) is 7.95. The first-order valence-electron chi connectivity index (χ1n) is 12.6. The molecule has 0 N–H and O–H groups in total. The monoisotopic (exact) mass is 495 g/mol. The maximum Gasteiger partial charge on any atom is 0.0665 e. The Hall–Kier alpha value is -1.94. The van der Waals surface area contributed by atoms with Crippen LogP contribution in [0.5, 0.6) is 0 Å². The predicted molar refractivity (Wildman–Crippen MR) is 148 cm³/mol. The molecule has 0 amide bonds. The van der Waals surface area contributed by atoms with Gasteiger partial charge in [-0.2, -0.15) is 10.2 Å². The highest BCUT2D eigenvalue weighted by Gasteiger charge is 2.21. The Labute approximate surface area is 214 Å². The zero-order valence-electron chi connectivity index (χ0n) is 20.2. The fourth-order valence-corrected chi connectivity index (χ4v) is 5.65. The van der Waals surface area contributed by atoms with Gasteiger partial charge in [0.1, 0.15) is 0 Å². The Kier molecular flexibility index (Phi) is 8.99. The number of allylic oxidation sites excluding steroid dienone is 1. The Morgan fingerprint density at radius 3 is 2.65 bits per heavy atom. The molecule has 0 aromatic heterocycles. The summed E-state index contributed by atoms with van der Waals surface area (Å²) in [7, 11) is 0. The lowest BCUT2D eigenvalue weighted by Gasteiger charge is -2.32. The number of fused-ring (bicyclic) bond motifs is 1. The molecule has 1 aliphatic heterocycles. The number of halogens is 2. The van der Waals surface area contributed by atoms with Crippen LogP contribution in [0, 0.1) is 0 Å².